The third-order valence-electron chi connectivity index (χ3n) is 4.24. The molecule has 0 amide bonds. The Kier molecular flexibility index (Phi) is 2.94. The molecule has 1 aliphatic heterocycles. The Balaban J connectivity index is 1.68. The van der Waals surface area contributed by atoms with E-state index in [0.29, 0.717) is 12.3 Å². The van der Waals surface area contributed by atoms with Gasteiger partial charge in [-0.1, -0.05) is 30.3 Å². The summed E-state index contributed by atoms with van der Waals surface area (Å²) < 4.78 is 5.76. The van der Waals surface area contributed by atoms with Gasteiger partial charge in [0.2, 0.25) is 0 Å². The summed E-state index contributed by atoms with van der Waals surface area (Å²) in [6, 6.07) is 10.7. The van der Waals surface area contributed by atoms with E-state index >= 15 is 0 Å². The van der Waals surface area contributed by atoms with Crippen molar-refractivity contribution in [2.45, 2.75) is 43.6 Å². The first-order valence-corrected chi connectivity index (χ1v) is 6.70. The zero-order chi connectivity index (χ0) is 12.4. The highest BCUT2D eigenvalue weighted by Gasteiger charge is 2.39. The highest BCUT2D eigenvalue weighted by molar-refractivity contribution is 5.90. The predicted octanol–water partition coefficient (Wildman–Crippen LogP) is 3.59. The van der Waals surface area contributed by atoms with Crippen LogP contribution in [0.4, 0.5) is 0 Å². The maximum atomic E-state index is 11.5. The van der Waals surface area contributed by atoms with Crippen molar-refractivity contribution >= 4 is 5.78 Å². The number of ether oxygens (including phenoxy) is 1. The van der Waals surface area contributed by atoms with Gasteiger partial charge in [-0.3, -0.25) is 4.79 Å². The van der Waals surface area contributed by atoms with E-state index in [4.69, 9.17) is 4.74 Å². The minimum Gasteiger partial charge on any atom is -0.494 e. The largest absolute Gasteiger partial charge is 0.494 e. The summed E-state index contributed by atoms with van der Waals surface area (Å²) >= 11 is 0. The van der Waals surface area contributed by atoms with E-state index in [1.54, 1.807) is 12.3 Å². The van der Waals surface area contributed by atoms with Crippen LogP contribution < -0.4 is 0 Å². The highest BCUT2D eigenvalue weighted by Crippen LogP contribution is 2.42. The molecule has 1 heterocycles. The molecule has 18 heavy (non-hydrogen) atoms. The van der Waals surface area contributed by atoms with Crippen LogP contribution in [-0.4, -0.2) is 11.4 Å². The third kappa shape index (κ3) is 2.20. The summed E-state index contributed by atoms with van der Waals surface area (Å²) in [4.78, 5) is 11.5. The monoisotopic (exact) mass is 242 g/mol. The number of benzene rings is 1. The summed E-state index contributed by atoms with van der Waals surface area (Å²) in [5, 5.41) is 0. The van der Waals surface area contributed by atoms with Crippen LogP contribution >= 0.6 is 0 Å². The SMILES string of the molecule is O=C1C=COC2(CCC(c3ccccc3)CC2)C1. The molecule has 1 aromatic rings. The Labute approximate surface area is 108 Å². The van der Waals surface area contributed by atoms with Gasteiger partial charge in [-0.15, -0.1) is 0 Å². The van der Waals surface area contributed by atoms with Crippen molar-refractivity contribution in [3.8, 4) is 0 Å². The van der Waals surface area contributed by atoms with Gasteiger partial charge in [0.25, 0.3) is 0 Å². The maximum absolute atomic E-state index is 11.5. The van der Waals surface area contributed by atoms with Crippen molar-refractivity contribution < 1.29 is 9.53 Å². The third-order valence-corrected chi connectivity index (χ3v) is 4.24. The molecule has 2 heteroatoms. The van der Waals surface area contributed by atoms with Crippen LogP contribution in [0, 0.1) is 0 Å². The molecule has 1 fully saturated rings. The second-order valence-corrected chi connectivity index (χ2v) is 5.43. The number of allylic oxidation sites excluding steroid dienone is 1. The molecule has 0 saturated heterocycles. The van der Waals surface area contributed by atoms with E-state index in [-0.39, 0.29) is 11.4 Å². The van der Waals surface area contributed by atoms with E-state index in [2.05, 4.69) is 30.3 Å². The van der Waals surface area contributed by atoms with Crippen molar-refractivity contribution in [3.05, 3.63) is 48.2 Å². The zero-order valence-electron chi connectivity index (χ0n) is 10.5. The molecule has 1 saturated carbocycles. The van der Waals surface area contributed by atoms with Crippen LogP contribution in [0.25, 0.3) is 0 Å². The van der Waals surface area contributed by atoms with Crippen LogP contribution in [0.2, 0.25) is 0 Å². The van der Waals surface area contributed by atoms with Gasteiger partial charge in [-0.2, -0.15) is 0 Å². The zero-order valence-corrected chi connectivity index (χ0v) is 10.5. The fraction of sp³-hybridized carbons (Fsp3) is 0.438. The Hall–Kier alpha value is -1.57. The van der Waals surface area contributed by atoms with E-state index in [1.165, 1.54) is 5.56 Å². The van der Waals surface area contributed by atoms with Gasteiger partial charge in [0.15, 0.2) is 5.78 Å². The van der Waals surface area contributed by atoms with Crippen molar-refractivity contribution in [1.29, 1.82) is 0 Å². The van der Waals surface area contributed by atoms with Crippen molar-refractivity contribution in [3.63, 3.8) is 0 Å². The number of ketones is 1. The molecule has 0 atom stereocenters. The number of carbonyl (C=O) groups is 1. The standard InChI is InChI=1S/C16H18O2/c17-15-8-11-18-16(12-15)9-6-14(7-10-16)13-4-2-1-3-5-13/h1-5,8,11,14H,6-7,9-10,12H2. The van der Waals surface area contributed by atoms with Gasteiger partial charge in [0.05, 0.1) is 12.7 Å². The van der Waals surface area contributed by atoms with Gasteiger partial charge in [-0.05, 0) is 37.2 Å². The quantitative estimate of drug-likeness (QED) is 0.752. The second-order valence-electron chi connectivity index (χ2n) is 5.43. The number of carbonyl (C=O) groups excluding carboxylic acids is 1. The summed E-state index contributed by atoms with van der Waals surface area (Å²) in [5.74, 6) is 0.834. The highest BCUT2D eigenvalue weighted by atomic mass is 16.5. The molecule has 0 bridgehead atoms. The first-order valence-electron chi connectivity index (χ1n) is 6.70. The summed E-state index contributed by atoms with van der Waals surface area (Å²) in [5.41, 5.74) is 1.22. The van der Waals surface area contributed by atoms with Crippen LogP contribution in [0.5, 0.6) is 0 Å². The van der Waals surface area contributed by atoms with Crippen molar-refractivity contribution in [2.75, 3.05) is 0 Å². The first kappa shape index (κ1) is 11.5. The van der Waals surface area contributed by atoms with E-state index in [9.17, 15) is 4.79 Å². The normalized spacial score (nSPS) is 31.3. The Morgan fingerprint density at radius 2 is 1.83 bits per heavy atom. The molecule has 1 aliphatic carbocycles. The second kappa shape index (κ2) is 4.60. The van der Waals surface area contributed by atoms with Crippen LogP contribution in [0.1, 0.15) is 43.6 Å². The minimum atomic E-state index is -0.197. The molecule has 1 aromatic carbocycles. The molecule has 0 N–H and O–H groups in total. The van der Waals surface area contributed by atoms with Crippen LogP contribution in [0.3, 0.4) is 0 Å². The lowest BCUT2D eigenvalue weighted by molar-refractivity contribution is -0.124. The lowest BCUT2D eigenvalue weighted by Gasteiger charge is -2.40. The van der Waals surface area contributed by atoms with Gasteiger partial charge in [-0.25, -0.2) is 0 Å². The number of hydrogen-bond acceptors (Lipinski definition) is 2. The molecule has 2 nitrogen and oxygen atoms in total. The maximum Gasteiger partial charge on any atom is 0.162 e. The summed E-state index contributed by atoms with van der Waals surface area (Å²) in [6.45, 7) is 0. The summed E-state index contributed by atoms with van der Waals surface area (Å²) in [6.07, 6.45) is 7.91. The molecule has 2 aliphatic rings. The van der Waals surface area contributed by atoms with Crippen molar-refractivity contribution in [2.24, 2.45) is 0 Å². The Morgan fingerprint density at radius 3 is 2.50 bits per heavy atom. The first-order chi connectivity index (χ1) is 8.77. The van der Waals surface area contributed by atoms with E-state index in [1.807, 2.05) is 0 Å². The van der Waals surface area contributed by atoms with E-state index in [0.717, 1.165) is 25.7 Å². The topological polar surface area (TPSA) is 26.3 Å². The smallest absolute Gasteiger partial charge is 0.162 e. The lowest BCUT2D eigenvalue weighted by atomic mass is 9.73. The Morgan fingerprint density at radius 1 is 1.11 bits per heavy atom. The van der Waals surface area contributed by atoms with E-state index < -0.39 is 0 Å². The van der Waals surface area contributed by atoms with Crippen LogP contribution in [0.15, 0.2) is 42.7 Å². The van der Waals surface area contributed by atoms with Gasteiger partial charge < -0.3 is 4.74 Å². The molecule has 1 spiro atoms. The predicted molar refractivity (Wildman–Crippen MR) is 70.2 cm³/mol. The summed E-state index contributed by atoms with van der Waals surface area (Å²) in [7, 11) is 0. The van der Waals surface area contributed by atoms with Gasteiger partial charge >= 0.3 is 0 Å². The van der Waals surface area contributed by atoms with Crippen molar-refractivity contribution in [1.82, 2.24) is 0 Å². The van der Waals surface area contributed by atoms with Crippen LogP contribution in [-0.2, 0) is 9.53 Å². The fourth-order valence-electron chi connectivity index (χ4n) is 3.17. The number of rotatable bonds is 1. The number of hydrogen-bond donors (Lipinski definition) is 0. The molecule has 0 aromatic heterocycles. The molecule has 3 rings (SSSR count). The van der Waals surface area contributed by atoms with Gasteiger partial charge in [0.1, 0.15) is 5.60 Å². The van der Waals surface area contributed by atoms with Gasteiger partial charge in [0, 0.05) is 6.08 Å². The molecule has 0 unspecified atom stereocenters. The molecular weight excluding hydrogens is 224 g/mol. The molecule has 0 radical (unpaired) electrons. The average molecular weight is 242 g/mol. The molecule has 94 valence electrons. The Bertz CT molecular complexity index is 453. The molecular formula is C16H18O2. The fourth-order valence-corrected chi connectivity index (χ4v) is 3.17. The minimum absolute atomic E-state index is 0.197. The lowest BCUT2D eigenvalue weighted by Crippen LogP contribution is -2.39. The average Bonchev–Trinajstić information content (AvgIpc) is 2.40.